The third kappa shape index (κ3) is 1.40. The van der Waals surface area contributed by atoms with Gasteiger partial charge in [0.2, 0.25) is 0 Å². The Bertz CT molecular complexity index is 378. The Balaban J connectivity index is 2.58. The van der Waals surface area contributed by atoms with Gasteiger partial charge >= 0.3 is 0 Å². The number of halogens is 2. The van der Waals surface area contributed by atoms with Crippen LogP contribution in [-0.4, -0.2) is 12.3 Å². The first-order chi connectivity index (χ1) is 6.18. The molecule has 0 bridgehead atoms. The summed E-state index contributed by atoms with van der Waals surface area (Å²) in [4.78, 5) is 11.3. The molecule has 0 amide bonds. The van der Waals surface area contributed by atoms with Gasteiger partial charge < -0.3 is 5.32 Å². The SMILES string of the molecule is O=C1CCNc2cc(Cl)c(F)cc21. The van der Waals surface area contributed by atoms with E-state index >= 15 is 0 Å². The number of fused-ring (bicyclic) bond motifs is 1. The number of hydrogen-bond donors (Lipinski definition) is 1. The highest BCUT2D eigenvalue weighted by Crippen LogP contribution is 2.27. The van der Waals surface area contributed by atoms with E-state index in [2.05, 4.69) is 5.32 Å². The number of hydrogen-bond acceptors (Lipinski definition) is 2. The lowest BCUT2D eigenvalue weighted by Crippen LogP contribution is -2.18. The van der Waals surface area contributed by atoms with Gasteiger partial charge in [-0.25, -0.2) is 4.39 Å². The Labute approximate surface area is 79.7 Å². The van der Waals surface area contributed by atoms with Crippen LogP contribution in [0.3, 0.4) is 0 Å². The molecule has 1 aromatic rings. The van der Waals surface area contributed by atoms with Gasteiger partial charge in [-0.05, 0) is 12.1 Å². The van der Waals surface area contributed by atoms with E-state index in [1.165, 1.54) is 12.1 Å². The highest BCUT2D eigenvalue weighted by Gasteiger charge is 2.18. The molecule has 0 spiro atoms. The number of carbonyl (C=O) groups excluding carboxylic acids is 1. The predicted molar refractivity (Wildman–Crippen MR) is 48.8 cm³/mol. The summed E-state index contributed by atoms with van der Waals surface area (Å²) in [6, 6.07) is 2.63. The van der Waals surface area contributed by atoms with E-state index in [1.54, 1.807) is 0 Å². The van der Waals surface area contributed by atoms with Crippen molar-refractivity contribution in [1.82, 2.24) is 0 Å². The lowest BCUT2D eigenvalue weighted by Gasteiger charge is -2.16. The molecule has 1 aromatic carbocycles. The summed E-state index contributed by atoms with van der Waals surface area (Å²) in [5.41, 5.74) is 1.02. The van der Waals surface area contributed by atoms with Gasteiger partial charge in [-0.15, -0.1) is 0 Å². The van der Waals surface area contributed by atoms with Crippen molar-refractivity contribution in [3.63, 3.8) is 0 Å². The Kier molecular flexibility index (Phi) is 1.96. The summed E-state index contributed by atoms with van der Waals surface area (Å²) >= 11 is 5.57. The van der Waals surface area contributed by atoms with Crippen molar-refractivity contribution in [3.8, 4) is 0 Å². The second kappa shape index (κ2) is 3.00. The number of nitrogens with one attached hydrogen (secondary N) is 1. The number of benzene rings is 1. The molecule has 1 aliphatic rings. The lowest BCUT2D eigenvalue weighted by molar-refractivity contribution is 0.0983. The van der Waals surface area contributed by atoms with Crippen LogP contribution in [0.15, 0.2) is 12.1 Å². The van der Waals surface area contributed by atoms with Crippen molar-refractivity contribution in [3.05, 3.63) is 28.5 Å². The molecule has 0 atom stereocenters. The summed E-state index contributed by atoms with van der Waals surface area (Å²) in [5.74, 6) is -0.582. The molecule has 0 fully saturated rings. The summed E-state index contributed by atoms with van der Waals surface area (Å²) in [6.07, 6.45) is 0.411. The largest absolute Gasteiger partial charge is 0.384 e. The molecule has 4 heteroatoms. The average molecular weight is 200 g/mol. The van der Waals surface area contributed by atoms with Crippen molar-refractivity contribution < 1.29 is 9.18 Å². The first-order valence-corrected chi connectivity index (χ1v) is 4.32. The normalized spacial score (nSPS) is 15.1. The molecule has 2 nitrogen and oxygen atoms in total. The zero-order valence-electron chi connectivity index (χ0n) is 6.73. The van der Waals surface area contributed by atoms with Crippen molar-refractivity contribution in [2.75, 3.05) is 11.9 Å². The highest BCUT2D eigenvalue weighted by atomic mass is 35.5. The Morgan fingerprint density at radius 2 is 2.23 bits per heavy atom. The molecule has 2 rings (SSSR count). The van der Waals surface area contributed by atoms with Crippen molar-refractivity contribution in [2.45, 2.75) is 6.42 Å². The fourth-order valence-corrected chi connectivity index (χ4v) is 1.53. The maximum Gasteiger partial charge on any atom is 0.166 e. The van der Waals surface area contributed by atoms with Crippen LogP contribution in [0.1, 0.15) is 16.8 Å². The van der Waals surface area contributed by atoms with Gasteiger partial charge in [0.05, 0.1) is 5.02 Å². The number of ketones is 1. The molecule has 13 heavy (non-hydrogen) atoms. The highest BCUT2D eigenvalue weighted by molar-refractivity contribution is 6.31. The van der Waals surface area contributed by atoms with E-state index in [0.717, 1.165) is 0 Å². The van der Waals surface area contributed by atoms with Gasteiger partial charge in [-0.1, -0.05) is 11.6 Å². The lowest BCUT2D eigenvalue weighted by atomic mass is 10.0. The molecular formula is C9H7ClFNO. The summed E-state index contributed by atoms with van der Waals surface area (Å²) in [5, 5.41) is 3.03. The van der Waals surface area contributed by atoms with Crippen LogP contribution in [0.4, 0.5) is 10.1 Å². The molecule has 0 unspecified atom stereocenters. The Morgan fingerprint density at radius 3 is 3.00 bits per heavy atom. The third-order valence-corrected chi connectivity index (χ3v) is 2.32. The first kappa shape index (κ1) is 8.51. The fraction of sp³-hybridized carbons (Fsp3) is 0.222. The van der Waals surface area contributed by atoms with Crippen LogP contribution in [0.2, 0.25) is 5.02 Å². The van der Waals surface area contributed by atoms with E-state index in [4.69, 9.17) is 11.6 Å². The second-order valence-corrected chi connectivity index (χ2v) is 3.32. The average Bonchev–Trinajstić information content (AvgIpc) is 2.09. The molecule has 0 saturated heterocycles. The molecular weight excluding hydrogens is 193 g/mol. The first-order valence-electron chi connectivity index (χ1n) is 3.94. The molecule has 1 aliphatic heterocycles. The summed E-state index contributed by atoms with van der Waals surface area (Å²) < 4.78 is 13.0. The number of carbonyl (C=O) groups is 1. The van der Waals surface area contributed by atoms with Gasteiger partial charge in [0, 0.05) is 24.2 Å². The van der Waals surface area contributed by atoms with Gasteiger partial charge in [0.15, 0.2) is 5.78 Å². The van der Waals surface area contributed by atoms with Gasteiger partial charge in [0.25, 0.3) is 0 Å². The molecule has 0 radical (unpaired) electrons. The maximum absolute atomic E-state index is 13.0. The zero-order chi connectivity index (χ0) is 9.42. The third-order valence-electron chi connectivity index (χ3n) is 2.03. The molecule has 0 aliphatic carbocycles. The van der Waals surface area contributed by atoms with Crippen LogP contribution in [-0.2, 0) is 0 Å². The monoisotopic (exact) mass is 199 g/mol. The number of Topliss-reactive ketones (excluding diaryl/α,β-unsaturated/α-hetero) is 1. The zero-order valence-corrected chi connectivity index (χ0v) is 7.49. The van der Waals surface area contributed by atoms with Crippen LogP contribution >= 0.6 is 11.6 Å². The second-order valence-electron chi connectivity index (χ2n) is 2.91. The van der Waals surface area contributed by atoms with Crippen molar-refractivity contribution >= 4 is 23.1 Å². The standard InChI is InChI=1S/C9H7ClFNO/c10-6-4-8-5(3-7(6)11)9(13)1-2-12-8/h3-4,12H,1-2H2. The fourth-order valence-electron chi connectivity index (χ4n) is 1.37. The molecule has 1 heterocycles. The van der Waals surface area contributed by atoms with Crippen LogP contribution in [0, 0.1) is 5.82 Å². The van der Waals surface area contributed by atoms with E-state index < -0.39 is 5.82 Å². The summed E-state index contributed by atoms with van der Waals surface area (Å²) in [6.45, 7) is 0.591. The van der Waals surface area contributed by atoms with Gasteiger partial charge in [-0.3, -0.25) is 4.79 Å². The minimum atomic E-state index is -0.544. The maximum atomic E-state index is 13.0. The summed E-state index contributed by atoms with van der Waals surface area (Å²) in [7, 11) is 0. The van der Waals surface area contributed by atoms with E-state index in [9.17, 15) is 9.18 Å². The van der Waals surface area contributed by atoms with Gasteiger partial charge in [-0.2, -0.15) is 0 Å². The molecule has 0 aromatic heterocycles. The smallest absolute Gasteiger partial charge is 0.166 e. The van der Waals surface area contributed by atoms with Crippen LogP contribution in [0.5, 0.6) is 0 Å². The van der Waals surface area contributed by atoms with Crippen molar-refractivity contribution in [1.29, 1.82) is 0 Å². The number of anilines is 1. The predicted octanol–water partition coefficient (Wildman–Crippen LogP) is 2.48. The van der Waals surface area contributed by atoms with E-state index in [1.807, 2.05) is 0 Å². The quantitative estimate of drug-likeness (QED) is 0.696. The van der Waals surface area contributed by atoms with Gasteiger partial charge in [0.1, 0.15) is 5.82 Å². The van der Waals surface area contributed by atoms with E-state index in [0.29, 0.717) is 24.2 Å². The molecule has 1 N–H and O–H groups in total. The minimum absolute atomic E-state index is 0.0377. The van der Waals surface area contributed by atoms with Crippen molar-refractivity contribution in [2.24, 2.45) is 0 Å². The molecule has 0 saturated carbocycles. The minimum Gasteiger partial charge on any atom is -0.384 e. The topological polar surface area (TPSA) is 29.1 Å². The Hall–Kier alpha value is -1.09. The van der Waals surface area contributed by atoms with Crippen LogP contribution < -0.4 is 5.32 Å². The Morgan fingerprint density at radius 1 is 1.46 bits per heavy atom. The molecule has 68 valence electrons. The van der Waals surface area contributed by atoms with E-state index in [-0.39, 0.29) is 10.8 Å². The number of rotatable bonds is 0. The van der Waals surface area contributed by atoms with Crippen LogP contribution in [0.25, 0.3) is 0 Å².